The summed E-state index contributed by atoms with van der Waals surface area (Å²) >= 11 is 5.33. The van der Waals surface area contributed by atoms with Crippen molar-refractivity contribution in [2.75, 3.05) is 6.54 Å². The summed E-state index contributed by atoms with van der Waals surface area (Å²) in [5.41, 5.74) is 4.47. The molecule has 0 unspecified atom stereocenters. The van der Waals surface area contributed by atoms with E-state index in [0.29, 0.717) is 0 Å². The summed E-state index contributed by atoms with van der Waals surface area (Å²) < 4.78 is 38.4. The summed E-state index contributed by atoms with van der Waals surface area (Å²) in [6.45, 7) is -0.824. The molecule has 0 heterocycles. The minimum atomic E-state index is -3.16. The van der Waals surface area contributed by atoms with Gasteiger partial charge in [0.1, 0.15) is 5.82 Å². The van der Waals surface area contributed by atoms with Crippen LogP contribution in [-0.4, -0.2) is 6.54 Å². The largest absolute Gasteiger partial charge is 0.325 e. The van der Waals surface area contributed by atoms with Gasteiger partial charge in [0.05, 0.1) is 11.6 Å². The summed E-state index contributed by atoms with van der Waals surface area (Å²) in [4.78, 5) is 0. The second kappa shape index (κ2) is 3.55. The zero-order chi connectivity index (χ0) is 10.1. The predicted octanol–water partition coefficient (Wildman–Crippen LogP) is 2.53. The summed E-state index contributed by atoms with van der Waals surface area (Å²) in [5.74, 6) is -3.88. The molecule has 0 amide bonds. The van der Waals surface area contributed by atoms with E-state index in [2.05, 4.69) is 0 Å². The molecule has 1 rings (SSSR count). The van der Waals surface area contributed by atoms with Crippen LogP contribution < -0.4 is 5.73 Å². The minimum Gasteiger partial charge on any atom is -0.325 e. The van der Waals surface area contributed by atoms with E-state index in [1.54, 1.807) is 0 Å². The normalized spacial score (nSPS) is 11.8. The van der Waals surface area contributed by atoms with Crippen LogP contribution in [-0.2, 0) is 5.92 Å². The predicted molar refractivity (Wildman–Crippen MR) is 44.4 cm³/mol. The lowest BCUT2D eigenvalue weighted by Gasteiger charge is -2.14. The van der Waals surface area contributed by atoms with E-state index in [1.807, 2.05) is 0 Å². The van der Waals surface area contributed by atoms with Crippen LogP contribution in [0.15, 0.2) is 18.2 Å². The molecule has 0 aliphatic rings. The molecule has 1 nitrogen and oxygen atoms in total. The van der Waals surface area contributed by atoms with Gasteiger partial charge in [0.2, 0.25) is 0 Å². The van der Waals surface area contributed by atoms with Crippen molar-refractivity contribution in [2.24, 2.45) is 5.73 Å². The van der Waals surface area contributed by atoms with Gasteiger partial charge in [-0.15, -0.1) is 0 Å². The Bertz CT molecular complexity index is 314. The molecule has 2 N–H and O–H groups in total. The molecule has 0 bridgehead atoms. The lowest BCUT2D eigenvalue weighted by atomic mass is 10.1. The zero-order valence-electron chi connectivity index (χ0n) is 6.53. The van der Waals surface area contributed by atoms with Gasteiger partial charge in [-0.05, 0) is 18.2 Å². The maximum atomic E-state index is 12.9. The Hall–Kier alpha value is -0.740. The van der Waals surface area contributed by atoms with Crippen LogP contribution in [0.5, 0.6) is 0 Å². The van der Waals surface area contributed by atoms with Crippen molar-refractivity contribution >= 4 is 11.6 Å². The number of benzene rings is 1. The molecule has 1 aromatic carbocycles. The summed E-state index contributed by atoms with van der Waals surface area (Å²) in [5, 5.41) is -0.328. The van der Waals surface area contributed by atoms with Crippen LogP contribution in [0.1, 0.15) is 5.56 Å². The van der Waals surface area contributed by atoms with E-state index in [0.717, 1.165) is 18.2 Å². The lowest BCUT2D eigenvalue weighted by molar-refractivity contribution is 0.00590. The number of hydrogen-bond donors (Lipinski definition) is 1. The van der Waals surface area contributed by atoms with Crippen molar-refractivity contribution in [1.29, 1.82) is 0 Å². The van der Waals surface area contributed by atoms with Gasteiger partial charge in [0, 0.05) is 5.56 Å². The fourth-order valence-corrected chi connectivity index (χ4v) is 1.02. The van der Waals surface area contributed by atoms with Gasteiger partial charge in [-0.2, -0.15) is 8.78 Å². The lowest BCUT2D eigenvalue weighted by Crippen LogP contribution is -2.25. The van der Waals surface area contributed by atoms with E-state index in [-0.39, 0.29) is 10.6 Å². The first-order valence-electron chi connectivity index (χ1n) is 3.51. The van der Waals surface area contributed by atoms with E-state index in [4.69, 9.17) is 17.3 Å². The minimum absolute atomic E-state index is 0.328. The number of nitrogens with two attached hydrogens (primary N) is 1. The van der Waals surface area contributed by atoms with Crippen LogP contribution in [0, 0.1) is 5.82 Å². The molecule has 13 heavy (non-hydrogen) atoms. The Balaban J connectivity index is 3.10. The summed E-state index contributed by atoms with van der Waals surface area (Å²) in [7, 11) is 0. The Labute approximate surface area is 78.3 Å². The van der Waals surface area contributed by atoms with Gasteiger partial charge in [0.15, 0.2) is 0 Å². The van der Waals surface area contributed by atoms with Crippen LogP contribution >= 0.6 is 11.6 Å². The van der Waals surface area contributed by atoms with Crippen molar-refractivity contribution in [3.8, 4) is 0 Å². The maximum Gasteiger partial charge on any atom is 0.285 e. The molecule has 0 aliphatic heterocycles. The molecule has 0 saturated heterocycles. The first-order valence-corrected chi connectivity index (χ1v) is 3.88. The first kappa shape index (κ1) is 10.3. The molecule has 0 aromatic heterocycles. The standard InChI is InChI=1S/C8H7ClF3N/c9-6-3-5(1-2-7(6)10)8(11,12)4-13/h1-3H,4,13H2. The fourth-order valence-electron chi connectivity index (χ4n) is 0.841. The molecule has 5 heteroatoms. The Morgan fingerprint density at radius 2 is 2.00 bits per heavy atom. The second-order valence-corrected chi connectivity index (χ2v) is 2.94. The maximum absolute atomic E-state index is 12.9. The third-order valence-electron chi connectivity index (χ3n) is 1.60. The van der Waals surface area contributed by atoms with Crippen molar-refractivity contribution in [1.82, 2.24) is 0 Å². The molecular weight excluding hydrogens is 203 g/mol. The molecule has 0 aliphatic carbocycles. The topological polar surface area (TPSA) is 26.0 Å². The molecule has 72 valence electrons. The van der Waals surface area contributed by atoms with E-state index >= 15 is 0 Å². The van der Waals surface area contributed by atoms with Gasteiger partial charge in [-0.3, -0.25) is 0 Å². The third-order valence-corrected chi connectivity index (χ3v) is 1.89. The zero-order valence-corrected chi connectivity index (χ0v) is 7.28. The van der Waals surface area contributed by atoms with E-state index < -0.39 is 18.3 Å². The number of halogens is 4. The molecule has 0 fully saturated rings. The third kappa shape index (κ3) is 2.14. The average Bonchev–Trinajstić information content (AvgIpc) is 2.09. The van der Waals surface area contributed by atoms with Gasteiger partial charge >= 0.3 is 0 Å². The molecular formula is C8H7ClF3N. The van der Waals surface area contributed by atoms with E-state index in [1.165, 1.54) is 0 Å². The first-order chi connectivity index (χ1) is 5.97. The van der Waals surface area contributed by atoms with Gasteiger partial charge < -0.3 is 5.73 Å². The number of rotatable bonds is 2. The SMILES string of the molecule is NCC(F)(F)c1ccc(F)c(Cl)c1. The Morgan fingerprint density at radius 3 is 2.46 bits per heavy atom. The molecule has 0 saturated carbocycles. The van der Waals surface area contributed by atoms with Crippen molar-refractivity contribution < 1.29 is 13.2 Å². The van der Waals surface area contributed by atoms with Crippen molar-refractivity contribution in [3.63, 3.8) is 0 Å². The molecule has 1 aromatic rings. The van der Waals surface area contributed by atoms with Crippen LogP contribution in [0.25, 0.3) is 0 Å². The van der Waals surface area contributed by atoms with Crippen molar-refractivity contribution in [3.05, 3.63) is 34.6 Å². The number of hydrogen-bond acceptors (Lipinski definition) is 1. The van der Waals surface area contributed by atoms with Gasteiger partial charge in [-0.1, -0.05) is 11.6 Å². The second-order valence-electron chi connectivity index (χ2n) is 2.54. The Kier molecular flexibility index (Phi) is 2.83. The van der Waals surface area contributed by atoms with Crippen LogP contribution in [0.2, 0.25) is 5.02 Å². The van der Waals surface area contributed by atoms with Crippen LogP contribution in [0.4, 0.5) is 13.2 Å². The van der Waals surface area contributed by atoms with Crippen LogP contribution in [0.3, 0.4) is 0 Å². The number of alkyl halides is 2. The highest BCUT2D eigenvalue weighted by molar-refractivity contribution is 6.30. The average molecular weight is 210 g/mol. The van der Waals surface area contributed by atoms with Gasteiger partial charge in [-0.25, -0.2) is 4.39 Å². The highest BCUT2D eigenvalue weighted by atomic mass is 35.5. The van der Waals surface area contributed by atoms with E-state index in [9.17, 15) is 13.2 Å². The highest BCUT2D eigenvalue weighted by Gasteiger charge is 2.29. The smallest absolute Gasteiger partial charge is 0.285 e. The quantitative estimate of drug-likeness (QED) is 0.796. The van der Waals surface area contributed by atoms with Crippen molar-refractivity contribution in [2.45, 2.75) is 5.92 Å². The van der Waals surface area contributed by atoms with Gasteiger partial charge in [0.25, 0.3) is 5.92 Å². The fraction of sp³-hybridized carbons (Fsp3) is 0.250. The monoisotopic (exact) mass is 209 g/mol. The summed E-state index contributed by atoms with van der Waals surface area (Å²) in [6.07, 6.45) is 0. The summed E-state index contributed by atoms with van der Waals surface area (Å²) in [6, 6.07) is 2.74. The Morgan fingerprint density at radius 1 is 1.38 bits per heavy atom. The molecule has 0 atom stereocenters. The highest BCUT2D eigenvalue weighted by Crippen LogP contribution is 2.29. The molecule has 0 radical (unpaired) electrons. The molecule has 0 spiro atoms.